The van der Waals surface area contributed by atoms with E-state index in [1.807, 2.05) is 36.1 Å². The van der Waals surface area contributed by atoms with Crippen LogP contribution in [-0.4, -0.2) is 55.4 Å². The first kappa shape index (κ1) is 24.9. The highest BCUT2D eigenvalue weighted by atomic mass is 16.5. The molecule has 0 saturated carbocycles. The van der Waals surface area contributed by atoms with Gasteiger partial charge in [0, 0.05) is 49.1 Å². The zero-order valence-electron chi connectivity index (χ0n) is 21.6. The zero-order valence-corrected chi connectivity index (χ0v) is 21.6. The van der Waals surface area contributed by atoms with Gasteiger partial charge in [-0.2, -0.15) is 0 Å². The van der Waals surface area contributed by atoms with E-state index in [0.29, 0.717) is 39.3 Å². The maximum absolute atomic E-state index is 13.4. The Balaban J connectivity index is 1.53. The lowest BCUT2D eigenvalue weighted by molar-refractivity contribution is -0.135. The summed E-state index contributed by atoms with van der Waals surface area (Å²) >= 11 is 0. The Labute approximate surface area is 218 Å². The highest BCUT2D eigenvalue weighted by Crippen LogP contribution is 2.36. The molecule has 0 aliphatic carbocycles. The first-order chi connectivity index (χ1) is 18.2. The number of hydrogen-bond donors (Lipinski definition) is 0. The second-order valence-electron chi connectivity index (χ2n) is 9.33. The minimum Gasteiger partial charge on any atom is -0.497 e. The third-order valence-corrected chi connectivity index (χ3v) is 7.04. The van der Waals surface area contributed by atoms with Crippen LogP contribution in [0.25, 0.3) is 10.9 Å². The number of benzene rings is 3. The molecule has 6 nitrogen and oxygen atoms in total. The Hall–Kier alpha value is -3.77. The number of amides is 1. The molecule has 0 bridgehead atoms. The topological polar surface area (TPSA) is 52.9 Å². The van der Waals surface area contributed by atoms with Crippen molar-refractivity contribution in [3.8, 4) is 11.5 Å². The number of methoxy groups -OCH3 is 1. The lowest BCUT2D eigenvalue weighted by Crippen LogP contribution is -2.41. The van der Waals surface area contributed by atoms with Gasteiger partial charge in [-0.25, -0.2) is 0 Å². The lowest BCUT2D eigenvalue weighted by atomic mass is 9.87. The van der Waals surface area contributed by atoms with E-state index in [9.17, 15) is 4.79 Å². The van der Waals surface area contributed by atoms with Gasteiger partial charge in [-0.05, 0) is 53.9 Å². The largest absolute Gasteiger partial charge is 0.497 e. The summed E-state index contributed by atoms with van der Waals surface area (Å²) in [6.07, 6.45) is 2.63. The summed E-state index contributed by atoms with van der Waals surface area (Å²) in [5, 5.41) is 1.17. The van der Waals surface area contributed by atoms with Gasteiger partial charge >= 0.3 is 0 Å². The molecule has 0 radical (unpaired) electrons. The van der Waals surface area contributed by atoms with Gasteiger partial charge < -0.3 is 23.7 Å². The maximum Gasteiger partial charge on any atom is 0.223 e. The van der Waals surface area contributed by atoms with Crippen LogP contribution in [0.15, 0.2) is 79.0 Å². The molecule has 0 unspecified atom stereocenters. The van der Waals surface area contributed by atoms with E-state index >= 15 is 0 Å². The number of nitrogens with zero attached hydrogens (tertiary/aromatic N) is 2. The molecule has 1 fully saturated rings. The molecule has 1 aliphatic heterocycles. The molecule has 1 atom stereocenters. The number of aromatic nitrogens is 1. The Morgan fingerprint density at radius 2 is 1.65 bits per heavy atom. The van der Waals surface area contributed by atoms with E-state index in [1.165, 1.54) is 10.9 Å². The fraction of sp³-hybridized carbons (Fsp3) is 0.323. The fourth-order valence-electron chi connectivity index (χ4n) is 5.10. The SMILES string of the molecule is CCOc1ccc([C@H](CC(=O)N2CCOCC2)c2cn(Cc3ccc(OC)cc3)c3ccccc23)cc1. The fourth-order valence-corrected chi connectivity index (χ4v) is 5.10. The van der Waals surface area contributed by atoms with Gasteiger partial charge in [0.05, 0.1) is 26.9 Å². The van der Waals surface area contributed by atoms with Gasteiger partial charge in [0.2, 0.25) is 5.91 Å². The summed E-state index contributed by atoms with van der Waals surface area (Å²) in [4.78, 5) is 15.4. The number of morpholine rings is 1. The van der Waals surface area contributed by atoms with Crippen molar-refractivity contribution < 1.29 is 19.0 Å². The molecule has 2 heterocycles. The molecule has 5 rings (SSSR count). The van der Waals surface area contributed by atoms with Gasteiger partial charge in [-0.1, -0.05) is 42.5 Å². The molecule has 6 heteroatoms. The molecule has 1 amide bonds. The summed E-state index contributed by atoms with van der Waals surface area (Å²) in [5.74, 6) is 1.77. The molecule has 3 aromatic carbocycles. The Morgan fingerprint density at radius 1 is 0.946 bits per heavy atom. The van der Waals surface area contributed by atoms with Crippen molar-refractivity contribution >= 4 is 16.8 Å². The molecule has 4 aromatic rings. The molecule has 1 aliphatic rings. The minimum absolute atomic E-state index is 0.0759. The summed E-state index contributed by atoms with van der Waals surface area (Å²) in [5.41, 5.74) is 4.62. The smallest absolute Gasteiger partial charge is 0.223 e. The van der Waals surface area contributed by atoms with Crippen molar-refractivity contribution in [2.24, 2.45) is 0 Å². The molecule has 1 aromatic heterocycles. The number of carbonyl (C=O) groups excluding carboxylic acids is 1. The van der Waals surface area contributed by atoms with Crippen molar-refractivity contribution in [1.29, 1.82) is 0 Å². The predicted molar refractivity (Wildman–Crippen MR) is 146 cm³/mol. The van der Waals surface area contributed by atoms with Crippen LogP contribution >= 0.6 is 0 Å². The monoisotopic (exact) mass is 498 g/mol. The molecular weight excluding hydrogens is 464 g/mol. The van der Waals surface area contributed by atoms with Crippen LogP contribution in [-0.2, 0) is 16.1 Å². The van der Waals surface area contributed by atoms with Crippen molar-refractivity contribution in [2.45, 2.75) is 25.8 Å². The summed E-state index contributed by atoms with van der Waals surface area (Å²) in [6.45, 7) is 5.83. The van der Waals surface area contributed by atoms with Crippen LogP contribution in [0.4, 0.5) is 0 Å². The molecular formula is C31H34N2O4. The van der Waals surface area contributed by atoms with E-state index in [-0.39, 0.29) is 11.8 Å². The molecule has 1 saturated heterocycles. The van der Waals surface area contributed by atoms with Crippen LogP contribution in [0.2, 0.25) is 0 Å². The van der Waals surface area contributed by atoms with E-state index in [1.54, 1.807) is 7.11 Å². The standard InChI is InChI=1S/C31H34N2O4/c1-3-37-26-14-10-24(11-15-26)28(20-31(34)32-16-18-36-19-17-32)29-22-33(30-7-5-4-6-27(29)30)21-23-8-12-25(35-2)13-9-23/h4-15,22,28H,3,16-21H2,1-2H3/t28-/m0/s1. The number of para-hydroxylation sites is 1. The van der Waals surface area contributed by atoms with Crippen molar-refractivity contribution in [3.05, 3.63) is 95.7 Å². The second kappa shape index (κ2) is 11.5. The molecule has 0 spiro atoms. The summed E-state index contributed by atoms with van der Waals surface area (Å²) < 4.78 is 18.8. The van der Waals surface area contributed by atoms with Gasteiger partial charge in [-0.3, -0.25) is 4.79 Å². The zero-order chi connectivity index (χ0) is 25.6. The lowest BCUT2D eigenvalue weighted by Gasteiger charge is -2.28. The molecule has 0 N–H and O–H groups in total. The van der Waals surface area contributed by atoms with Crippen LogP contribution in [0.1, 0.15) is 36.0 Å². The van der Waals surface area contributed by atoms with Crippen LogP contribution in [0, 0.1) is 0 Å². The Bertz CT molecular complexity index is 1320. The van der Waals surface area contributed by atoms with E-state index in [2.05, 4.69) is 59.3 Å². The van der Waals surface area contributed by atoms with Crippen molar-refractivity contribution in [1.82, 2.24) is 9.47 Å². The predicted octanol–water partition coefficient (Wildman–Crippen LogP) is 5.48. The number of ether oxygens (including phenoxy) is 3. The Morgan fingerprint density at radius 3 is 2.35 bits per heavy atom. The molecule has 37 heavy (non-hydrogen) atoms. The highest BCUT2D eigenvalue weighted by Gasteiger charge is 2.26. The summed E-state index contributed by atoms with van der Waals surface area (Å²) in [7, 11) is 1.68. The van der Waals surface area contributed by atoms with Crippen molar-refractivity contribution in [3.63, 3.8) is 0 Å². The third-order valence-electron chi connectivity index (χ3n) is 7.04. The summed E-state index contributed by atoms with van der Waals surface area (Å²) in [6, 6.07) is 24.8. The van der Waals surface area contributed by atoms with Crippen LogP contribution in [0.3, 0.4) is 0 Å². The van der Waals surface area contributed by atoms with Gasteiger partial charge in [0.1, 0.15) is 11.5 Å². The maximum atomic E-state index is 13.4. The average Bonchev–Trinajstić information content (AvgIpc) is 3.31. The van der Waals surface area contributed by atoms with E-state index in [0.717, 1.165) is 34.7 Å². The number of hydrogen-bond acceptors (Lipinski definition) is 4. The quantitative estimate of drug-likeness (QED) is 0.307. The van der Waals surface area contributed by atoms with E-state index < -0.39 is 0 Å². The number of rotatable bonds is 9. The molecule has 192 valence electrons. The van der Waals surface area contributed by atoms with Gasteiger partial charge in [0.25, 0.3) is 0 Å². The number of fused-ring (bicyclic) bond motifs is 1. The third kappa shape index (κ3) is 5.65. The van der Waals surface area contributed by atoms with Gasteiger partial charge in [0.15, 0.2) is 0 Å². The average molecular weight is 499 g/mol. The van der Waals surface area contributed by atoms with E-state index in [4.69, 9.17) is 14.2 Å². The first-order valence-corrected chi connectivity index (χ1v) is 12.9. The van der Waals surface area contributed by atoms with Gasteiger partial charge in [-0.15, -0.1) is 0 Å². The minimum atomic E-state index is -0.0759. The Kier molecular flexibility index (Phi) is 7.76. The van der Waals surface area contributed by atoms with Crippen LogP contribution < -0.4 is 9.47 Å². The van der Waals surface area contributed by atoms with Crippen LogP contribution in [0.5, 0.6) is 11.5 Å². The second-order valence-corrected chi connectivity index (χ2v) is 9.33. The highest BCUT2D eigenvalue weighted by molar-refractivity contribution is 5.87. The number of carbonyl (C=O) groups is 1. The van der Waals surface area contributed by atoms with Crippen molar-refractivity contribution in [2.75, 3.05) is 40.0 Å². The normalized spacial score (nSPS) is 14.5. The first-order valence-electron chi connectivity index (χ1n) is 12.9.